The summed E-state index contributed by atoms with van der Waals surface area (Å²) >= 11 is 5.92. The molecule has 1 aliphatic rings. The summed E-state index contributed by atoms with van der Waals surface area (Å²) in [6.45, 7) is 0.390. The normalized spacial score (nSPS) is 14.7. The number of carbonyl (C=O) groups is 1. The number of hydrogen-bond acceptors (Lipinski definition) is 4. The molecule has 3 aromatic carbocycles. The Morgan fingerprint density at radius 2 is 1.64 bits per heavy atom. The summed E-state index contributed by atoms with van der Waals surface area (Å²) in [5, 5.41) is 4.62. The molecule has 0 radical (unpaired) electrons. The second-order valence-electron chi connectivity index (χ2n) is 6.20. The van der Waals surface area contributed by atoms with Crippen LogP contribution in [0.15, 0.2) is 89.6 Å². The van der Waals surface area contributed by atoms with Crippen LogP contribution in [0.5, 0.6) is 5.75 Å². The van der Waals surface area contributed by atoms with Gasteiger partial charge in [-0.2, -0.15) is 0 Å². The minimum absolute atomic E-state index is 0.390. The first-order valence-corrected chi connectivity index (χ1v) is 9.11. The van der Waals surface area contributed by atoms with Crippen LogP contribution in [-0.2, 0) is 16.2 Å². The van der Waals surface area contributed by atoms with Crippen molar-refractivity contribution >= 4 is 29.4 Å². The van der Waals surface area contributed by atoms with Gasteiger partial charge in [0.2, 0.25) is 0 Å². The molecular weight excluding hydrogens is 374 g/mol. The first-order chi connectivity index (χ1) is 13.7. The molecule has 0 bridgehead atoms. The van der Waals surface area contributed by atoms with E-state index >= 15 is 0 Å². The molecule has 0 atom stereocenters. The molecular formula is C23H16ClNO3. The summed E-state index contributed by atoms with van der Waals surface area (Å²) in [6, 6.07) is 24.5. The number of rotatable bonds is 5. The molecule has 0 aromatic heterocycles. The van der Waals surface area contributed by atoms with Gasteiger partial charge in [0.05, 0.1) is 5.57 Å². The average Bonchev–Trinajstić information content (AvgIpc) is 3.09. The summed E-state index contributed by atoms with van der Waals surface area (Å²) in [7, 11) is 0. The van der Waals surface area contributed by atoms with Crippen LogP contribution in [0.4, 0.5) is 0 Å². The number of hydrogen-bond donors (Lipinski definition) is 0. The second-order valence-corrected chi connectivity index (χ2v) is 6.63. The molecule has 4 nitrogen and oxygen atoms in total. The molecule has 0 aliphatic carbocycles. The molecule has 0 spiro atoms. The molecule has 0 amide bonds. The van der Waals surface area contributed by atoms with Crippen molar-refractivity contribution in [2.24, 2.45) is 5.16 Å². The lowest BCUT2D eigenvalue weighted by Crippen LogP contribution is -2.07. The van der Waals surface area contributed by atoms with Gasteiger partial charge in [-0.1, -0.05) is 77.4 Å². The topological polar surface area (TPSA) is 47.9 Å². The lowest BCUT2D eigenvalue weighted by molar-refractivity contribution is -0.136. The summed E-state index contributed by atoms with van der Waals surface area (Å²) in [5.74, 6) is 0.184. The van der Waals surface area contributed by atoms with Crippen LogP contribution < -0.4 is 4.74 Å². The minimum atomic E-state index is -0.480. The number of benzene rings is 3. The van der Waals surface area contributed by atoms with Gasteiger partial charge in [0.15, 0.2) is 0 Å². The van der Waals surface area contributed by atoms with Gasteiger partial charge in [0.25, 0.3) is 0 Å². The zero-order chi connectivity index (χ0) is 19.3. The maximum absolute atomic E-state index is 12.2. The van der Waals surface area contributed by atoms with Crippen LogP contribution in [0.1, 0.15) is 16.7 Å². The number of ether oxygens (including phenoxy) is 1. The van der Waals surface area contributed by atoms with E-state index in [2.05, 4.69) is 5.16 Å². The zero-order valence-electron chi connectivity index (χ0n) is 14.8. The molecule has 0 saturated heterocycles. The fourth-order valence-electron chi connectivity index (χ4n) is 2.84. The Bertz CT molecular complexity index is 1060. The van der Waals surface area contributed by atoms with Crippen LogP contribution in [0.25, 0.3) is 6.08 Å². The van der Waals surface area contributed by atoms with Gasteiger partial charge in [0.1, 0.15) is 18.1 Å². The first kappa shape index (κ1) is 18.0. The predicted octanol–water partition coefficient (Wildman–Crippen LogP) is 5.26. The second kappa shape index (κ2) is 8.11. The fraction of sp³-hybridized carbons (Fsp3) is 0.0435. The minimum Gasteiger partial charge on any atom is -0.488 e. The Balaban J connectivity index is 1.61. The lowest BCUT2D eigenvalue weighted by Gasteiger charge is -2.10. The van der Waals surface area contributed by atoms with E-state index in [-0.39, 0.29) is 0 Å². The van der Waals surface area contributed by atoms with Gasteiger partial charge in [-0.15, -0.1) is 0 Å². The van der Waals surface area contributed by atoms with Gasteiger partial charge < -0.3 is 9.57 Å². The third-order valence-corrected chi connectivity index (χ3v) is 4.52. The van der Waals surface area contributed by atoms with Crippen molar-refractivity contribution in [2.45, 2.75) is 6.61 Å². The van der Waals surface area contributed by atoms with E-state index in [1.165, 1.54) is 0 Å². The molecule has 138 valence electrons. The quantitative estimate of drug-likeness (QED) is 0.441. The number of halogens is 1. The van der Waals surface area contributed by atoms with Crippen LogP contribution in [0, 0.1) is 0 Å². The zero-order valence-corrected chi connectivity index (χ0v) is 15.6. The van der Waals surface area contributed by atoms with E-state index in [4.69, 9.17) is 21.2 Å². The van der Waals surface area contributed by atoms with Crippen molar-refractivity contribution in [3.63, 3.8) is 0 Å². The van der Waals surface area contributed by atoms with Crippen LogP contribution in [-0.4, -0.2) is 11.7 Å². The molecule has 0 fully saturated rings. The third kappa shape index (κ3) is 3.97. The summed E-state index contributed by atoms with van der Waals surface area (Å²) in [4.78, 5) is 17.1. The molecule has 1 aliphatic heterocycles. The summed E-state index contributed by atoms with van der Waals surface area (Å²) in [5.41, 5.74) is 3.50. The molecule has 0 unspecified atom stereocenters. The van der Waals surface area contributed by atoms with Crippen molar-refractivity contribution < 1.29 is 14.4 Å². The van der Waals surface area contributed by atoms with Gasteiger partial charge in [-0.3, -0.25) is 0 Å². The van der Waals surface area contributed by atoms with E-state index < -0.39 is 5.97 Å². The standard InChI is InChI=1S/C23H16ClNO3/c24-19-12-10-16(11-13-19)15-27-21-9-5-4-8-18(21)14-20-22(25-28-23(20)26)17-6-2-1-3-7-17/h1-14H,15H2/b20-14-. The van der Waals surface area contributed by atoms with E-state index in [9.17, 15) is 4.79 Å². The highest BCUT2D eigenvalue weighted by Gasteiger charge is 2.27. The maximum atomic E-state index is 12.2. The van der Waals surface area contributed by atoms with Crippen molar-refractivity contribution in [2.75, 3.05) is 0 Å². The van der Waals surface area contributed by atoms with E-state index in [0.29, 0.717) is 28.7 Å². The first-order valence-electron chi connectivity index (χ1n) is 8.74. The number of carbonyl (C=O) groups excluding carboxylic acids is 1. The van der Waals surface area contributed by atoms with E-state index in [0.717, 1.165) is 16.7 Å². The highest BCUT2D eigenvalue weighted by molar-refractivity contribution is 6.31. The van der Waals surface area contributed by atoms with Crippen LogP contribution in [0.2, 0.25) is 5.02 Å². The fourth-order valence-corrected chi connectivity index (χ4v) is 2.97. The molecule has 0 N–H and O–H groups in total. The van der Waals surface area contributed by atoms with Crippen molar-refractivity contribution in [1.82, 2.24) is 0 Å². The summed E-state index contributed by atoms with van der Waals surface area (Å²) < 4.78 is 5.97. The smallest absolute Gasteiger partial charge is 0.368 e. The van der Waals surface area contributed by atoms with Crippen molar-refractivity contribution in [3.05, 3.63) is 106 Å². The Labute approximate surface area is 167 Å². The molecule has 4 rings (SSSR count). The highest BCUT2D eigenvalue weighted by atomic mass is 35.5. The molecule has 28 heavy (non-hydrogen) atoms. The highest BCUT2D eigenvalue weighted by Crippen LogP contribution is 2.26. The van der Waals surface area contributed by atoms with Crippen LogP contribution >= 0.6 is 11.6 Å². The maximum Gasteiger partial charge on any atom is 0.368 e. The monoisotopic (exact) mass is 389 g/mol. The third-order valence-electron chi connectivity index (χ3n) is 4.27. The van der Waals surface area contributed by atoms with E-state index in [1.54, 1.807) is 6.08 Å². The molecule has 1 heterocycles. The molecule has 0 saturated carbocycles. The van der Waals surface area contributed by atoms with Crippen molar-refractivity contribution in [3.8, 4) is 5.75 Å². The largest absolute Gasteiger partial charge is 0.488 e. The number of nitrogens with zero attached hydrogens (tertiary/aromatic N) is 1. The molecule has 3 aromatic rings. The summed E-state index contributed by atoms with van der Waals surface area (Å²) in [6.07, 6.45) is 1.75. The van der Waals surface area contributed by atoms with Gasteiger partial charge >= 0.3 is 5.97 Å². The number of para-hydroxylation sites is 1. The van der Waals surface area contributed by atoms with Gasteiger partial charge in [0, 0.05) is 16.1 Å². The SMILES string of the molecule is O=C1ON=C(c2ccccc2)/C1=C/c1ccccc1OCc1ccc(Cl)cc1. The Morgan fingerprint density at radius 3 is 2.43 bits per heavy atom. The van der Waals surface area contributed by atoms with E-state index in [1.807, 2.05) is 78.9 Å². The van der Waals surface area contributed by atoms with Gasteiger partial charge in [-0.25, -0.2) is 4.79 Å². The Hall–Kier alpha value is -3.37. The molecule has 5 heteroatoms. The average molecular weight is 390 g/mol. The van der Waals surface area contributed by atoms with Crippen LogP contribution in [0.3, 0.4) is 0 Å². The Kier molecular flexibility index (Phi) is 5.22. The number of oxime groups is 1. The lowest BCUT2D eigenvalue weighted by atomic mass is 10.0. The van der Waals surface area contributed by atoms with Gasteiger partial charge in [-0.05, 0) is 29.8 Å². The predicted molar refractivity (Wildman–Crippen MR) is 109 cm³/mol. The Morgan fingerprint density at radius 1 is 0.929 bits per heavy atom. The van der Waals surface area contributed by atoms with Crippen molar-refractivity contribution in [1.29, 1.82) is 0 Å².